The Labute approximate surface area is 102 Å². The first-order valence-electron chi connectivity index (χ1n) is 6.40. The van der Waals surface area contributed by atoms with Gasteiger partial charge in [0.15, 0.2) is 0 Å². The van der Waals surface area contributed by atoms with Gasteiger partial charge in [-0.05, 0) is 31.7 Å². The summed E-state index contributed by atoms with van der Waals surface area (Å²) in [6, 6.07) is 2.26. The standard InChI is InChI=1S/C13H21N3O/c1-3-11-7-12(16(2)15-11)8-13(17)9-4-5-10(14)6-9/h7,9-10H,3-6,8,14H2,1-2H3. The molecular weight excluding hydrogens is 214 g/mol. The lowest BCUT2D eigenvalue weighted by Crippen LogP contribution is -2.19. The fourth-order valence-electron chi connectivity index (χ4n) is 2.54. The molecule has 2 unspecified atom stereocenters. The molecule has 2 N–H and O–H groups in total. The van der Waals surface area contributed by atoms with Crippen LogP contribution in [0.4, 0.5) is 0 Å². The van der Waals surface area contributed by atoms with Crippen LogP contribution >= 0.6 is 0 Å². The van der Waals surface area contributed by atoms with Crippen LogP contribution in [0.25, 0.3) is 0 Å². The van der Waals surface area contributed by atoms with Crippen molar-refractivity contribution in [3.63, 3.8) is 0 Å². The highest BCUT2D eigenvalue weighted by Crippen LogP contribution is 2.26. The van der Waals surface area contributed by atoms with Crippen LogP contribution in [-0.4, -0.2) is 21.6 Å². The van der Waals surface area contributed by atoms with E-state index in [2.05, 4.69) is 12.0 Å². The highest BCUT2D eigenvalue weighted by molar-refractivity contribution is 5.83. The zero-order valence-electron chi connectivity index (χ0n) is 10.6. The smallest absolute Gasteiger partial charge is 0.141 e. The SMILES string of the molecule is CCc1cc(CC(=O)C2CCC(N)C2)n(C)n1. The number of hydrogen-bond donors (Lipinski definition) is 1. The van der Waals surface area contributed by atoms with Crippen LogP contribution in [0, 0.1) is 5.92 Å². The van der Waals surface area contributed by atoms with Gasteiger partial charge in [-0.15, -0.1) is 0 Å². The summed E-state index contributed by atoms with van der Waals surface area (Å²) in [5.41, 5.74) is 7.92. The molecule has 94 valence electrons. The highest BCUT2D eigenvalue weighted by atomic mass is 16.1. The van der Waals surface area contributed by atoms with Crippen LogP contribution in [0.5, 0.6) is 0 Å². The van der Waals surface area contributed by atoms with Crippen molar-refractivity contribution < 1.29 is 4.79 Å². The molecule has 1 aliphatic carbocycles. The second-order valence-electron chi connectivity index (χ2n) is 5.02. The van der Waals surface area contributed by atoms with Crippen molar-refractivity contribution in [2.24, 2.45) is 18.7 Å². The Morgan fingerprint density at radius 3 is 2.88 bits per heavy atom. The molecule has 1 heterocycles. The molecule has 0 aliphatic heterocycles. The Hall–Kier alpha value is -1.16. The molecule has 2 atom stereocenters. The molecule has 4 nitrogen and oxygen atoms in total. The van der Waals surface area contributed by atoms with Crippen LogP contribution in [0.3, 0.4) is 0 Å². The monoisotopic (exact) mass is 235 g/mol. The molecule has 1 aliphatic rings. The summed E-state index contributed by atoms with van der Waals surface area (Å²) in [7, 11) is 1.90. The van der Waals surface area contributed by atoms with E-state index < -0.39 is 0 Å². The summed E-state index contributed by atoms with van der Waals surface area (Å²) in [5, 5.41) is 4.36. The van der Waals surface area contributed by atoms with E-state index in [4.69, 9.17) is 5.73 Å². The van der Waals surface area contributed by atoms with Gasteiger partial charge < -0.3 is 5.73 Å². The summed E-state index contributed by atoms with van der Waals surface area (Å²) in [6.45, 7) is 2.07. The van der Waals surface area contributed by atoms with E-state index in [0.717, 1.165) is 37.1 Å². The Kier molecular flexibility index (Phi) is 3.62. The van der Waals surface area contributed by atoms with Crippen LogP contribution in [0.1, 0.15) is 37.6 Å². The molecule has 1 aromatic rings. The van der Waals surface area contributed by atoms with Crippen molar-refractivity contribution in [2.75, 3.05) is 0 Å². The molecule has 0 amide bonds. The van der Waals surface area contributed by atoms with Gasteiger partial charge in [-0.1, -0.05) is 6.92 Å². The number of carbonyl (C=O) groups excluding carboxylic acids is 1. The van der Waals surface area contributed by atoms with Gasteiger partial charge in [0.05, 0.1) is 5.69 Å². The summed E-state index contributed by atoms with van der Waals surface area (Å²) in [5.74, 6) is 0.494. The van der Waals surface area contributed by atoms with Crippen molar-refractivity contribution in [3.05, 3.63) is 17.5 Å². The second kappa shape index (κ2) is 5.00. The minimum absolute atomic E-state index is 0.171. The van der Waals surface area contributed by atoms with Crippen molar-refractivity contribution in [1.82, 2.24) is 9.78 Å². The first kappa shape index (κ1) is 12.3. The molecule has 2 rings (SSSR count). The number of aryl methyl sites for hydroxylation is 2. The van der Waals surface area contributed by atoms with E-state index in [9.17, 15) is 4.79 Å². The van der Waals surface area contributed by atoms with Crippen LogP contribution in [0.15, 0.2) is 6.07 Å². The summed E-state index contributed by atoms with van der Waals surface area (Å²) < 4.78 is 1.83. The lowest BCUT2D eigenvalue weighted by Gasteiger charge is -2.08. The van der Waals surface area contributed by atoms with Gasteiger partial charge >= 0.3 is 0 Å². The normalized spacial score (nSPS) is 24.2. The average molecular weight is 235 g/mol. The highest BCUT2D eigenvalue weighted by Gasteiger charge is 2.28. The van der Waals surface area contributed by atoms with Gasteiger partial charge in [-0.3, -0.25) is 9.48 Å². The van der Waals surface area contributed by atoms with E-state index in [1.54, 1.807) is 0 Å². The number of nitrogens with two attached hydrogens (primary N) is 1. The molecule has 0 aromatic carbocycles. The van der Waals surface area contributed by atoms with Crippen molar-refractivity contribution >= 4 is 5.78 Å². The van der Waals surface area contributed by atoms with E-state index in [1.165, 1.54) is 0 Å². The fourth-order valence-corrected chi connectivity index (χ4v) is 2.54. The third-order valence-corrected chi connectivity index (χ3v) is 3.67. The zero-order chi connectivity index (χ0) is 12.4. The van der Waals surface area contributed by atoms with Gasteiger partial charge in [-0.2, -0.15) is 5.10 Å². The third kappa shape index (κ3) is 2.75. The Bertz CT molecular complexity index is 411. The van der Waals surface area contributed by atoms with Crippen molar-refractivity contribution in [1.29, 1.82) is 0 Å². The van der Waals surface area contributed by atoms with Crippen molar-refractivity contribution in [3.8, 4) is 0 Å². The lowest BCUT2D eigenvalue weighted by molar-refractivity contribution is -0.122. The average Bonchev–Trinajstić information content (AvgIpc) is 2.86. The maximum Gasteiger partial charge on any atom is 0.141 e. The first-order chi connectivity index (χ1) is 8.10. The minimum Gasteiger partial charge on any atom is -0.328 e. The van der Waals surface area contributed by atoms with Crippen molar-refractivity contribution in [2.45, 2.75) is 45.1 Å². The van der Waals surface area contributed by atoms with Gasteiger partial charge in [0.2, 0.25) is 0 Å². The summed E-state index contributed by atoms with van der Waals surface area (Å²) >= 11 is 0. The fraction of sp³-hybridized carbons (Fsp3) is 0.692. The molecule has 0 radical (unpaired) electrons. The Morgan fingerprint density at radius 2 is 2.35 bits per heavy atom. The molecule has 0 spiro atoms. The van der Waals surface area contributed by atoms with Crippen LogP contribution in [0.2, 0.25) is 0 Å². The van der Waals surface area contributed by atoms with Crippen LogP contribution in [-0.2, 0) is 24.7 Å². The van der Waals surface area contributed by atoms with E-state index in [0.29, 0.717) is 12.2 Å². The summed E-state index contributed by atoms with van der Waals surface area (Å²) in [6.07, 6.45) is 4.22. The molecule has 0 saturated heterocycles. The molecule has 17 heavy (non-hydrogen) atoms. The maximum absolute atomic E-state index is 12.1. The molecule has 0 bridgehead atoms. The number of hydrogen-bond acceptors (Lipinski definition) is 3. The number of Topliss-reactive ketones (excluding diaryl/α,β-unsaturated/α-hetero) is 1. The first-order valence-corrected chi connectivity index (χ1v) is 6.40. The topological polar surface area (TPSA) is 60.9 Å². The second-order valence-corrected chi connectivity index (χ2v) is 5.02. The van der Waals surface area contributed by atoms with Gasteiger partial charge in [-0.25, -0.2) is 0 Å². The quantitative estimate of drug-likeness (QED) is 0.853. The predicted molar refractivity (Wildman–Crippen MR) is 66.6 cm³/mol. The zero-order valence-corrected chi connectivity index (χ0v) is 10.6. The molecular formula is C13H21N3O. The number of carbonyl (C=O) groups is 1. The molecule has 1 aromatic heterocycles. The minimum atomic E-state index is 0.171. The van der Waals surface area contributed by atoms with Gasteiger partial charge in [0, 0.05) is 31.1 Å². The Morgan fingerprint density at radius 1 is 1.59 bits per heavy atom. The third-order valence-electron chi connectivity index (χ3n) is 3.67. The van der Waals surface area contributed by atoms with Gasteiger partial charge in [0.1, 0.15) is 5.78 Å². The molecule has 1 saturated carbocycles. The number of aromatic nitrogens is 2. The molecule has 4 heteroatoms. The number of rotatable bonds is 4. The number of ketones is 1. The van der Waals surface area contributed by atoms with E-state index >= 15 is 0 Å². The molecule has 1 fully saturated rings. The van der Waals surface area contributed by atoms with Gasteiger partial charge in [0.25, 0.3) is 0 Å². The van der Waals surface area contributed by atoms with E-state index in [-0.39, 0.29) is 12.0 Å². The number of nitrogens with zero attached hydrogens (tertiary/aromatic N) is 2. The summed E-state index contributed by atoms with van der Waals surface area (Å²) in [4.78, 5) is 12.1. The van der Waals surface area contributed by atoms with Crippen LogP contribution < -0.4 is 5.73 Å². The predicted octanol–water partition coefficient (Wildman–Crippen LogP) is 1.22. The maximum atomic E-state index is 12.1. The lowest BCUT2D eigenvalue weighted by atomic mass is 9.98. The Balaban J connectivity index is 2.00. The largest absolute Gasteiger partial charge is 0.328 e. The van der Waals surface area contributed by atoms with E-state index in [1.807, 2.05) is 17.8 Å².